The Bertz CT molecular complexity index is 626. The van der Waals surface area contributed by atoms with Crippen molar-refractivity contribution in [3.8, 4) is 17.2 Å². The fourth-order valence-electron chi connectivity index (χ4n) is 2.13. The molecule has 0 aromatic heterocycles. The van der Waals surface area contributed by atoms with Crippen LogP contribution >= 0.6 is 11.6 Å². The second kappa shape index (κ2) is 6.37. The molecule has 0 aliphatic heterocycles. The third-order valence-corrected chi connectivity index (χ3v) is 3.77. The number of para-hydroxylation sites is 1. The molecule has 21 heavy (non-hydrogen) atoms. The summed E-state index contributed by atoms with van der Waals surface area (Å²) in [5, 5.41) is 4.10. The quantitative estimate of drug-likeness (QED) is 0.858. The summed E-state index contributed by atoms with van der Waals surface area (Å²) in [4.78, 5) is 0. The molecule has 1 N–H and O–H groups in total. The average molecular weight is 304 g/mol. The SMILES string of the molecule is COc1cccc(Oc2c(Cl)cccc2CNC2CC2)c1. The Morgan fingerprint density at radius 2 is 1.90 bits per heavy atom. The van der Waals surface area contributed by atoms with Crippen LogP contribution in [-0.4, -0.2) is 13.2 Å². The zero-order valence-corrected chi connectivity index (χ0v) is 12.7. The summed E-state index contributed by atoms with van der Waals surface area (Å²) >= 11 is 6.30. The molecular formula is C17H18ClNO2. The van der Waals surface area contributed by atoms with Crippen molar-refractivity contribution in [1.82, 2.24) is 5.32 Å². The van der Waals surface area contributed by atoms with Gasteiger partial charge >= 0.3 is 0 Å². The number of nitrogens with one attached hydrogen (secondary N) is 1. The maximum atomic E-state index is 6.30. The Kier molecular flexibility index (Phi) is 4.32. The molecule has 1 fully saturated rings. The van der Waals surface area contributed by atoms with Gasteiger partial charge in [0.05, 0.1) is 12.1 Å². The standard InChI is InChI=1S/C17H18ClNO2/c1-20-14-5-3-6-15(10-14)21-17-12(4-2-7-16(17)18)11-19-13-8-9-13/h2-7,10,13,19H,8-9,11H2,1H3. The van der Waals surface area contributed by atoms with Crippen LogP contribution in [0.4, 0.5) is 0 Å². The number of rotatable bonds is 6. The lowest BCUT2D eigenvalue weighted by atomic mass is 10.2. The lowest BCUT2D eigenvalue weighted by Crippen LogP contribution is -2.15. The predicted molar refractivity (Wildman–Crippen MR) is 84.4 cm³/mol. The van der Waals surface area contributed by atoms with E-state index in [-0.39, 0.29) is 0 Å². The van der Waals surface area contributed by atoms with Crippen molar-refractivity contribution in [2.45, 2.75) is 25.4 Å². The lowest BCUT2D eigenvalue weighted by Gasteiger charge is -2.14. The number of halogens is 1. The van der Waals surface area contributed by atoms with E-state index in [1.54, 1.807) is 7.11 Å². The van der Waals surface area contributed by atoms with E-state index in [0.717, 1.165) is 23.6 Å². The minimum absolute atomic E-state index is 0.618. The molecule has 0 radical (unpaired) electrons. The summed E-state index contributed by atoms with van der Waals surface area (Å²) in [5.74, 6) is 2.19. The van der Waals surface area contributed by atoms with Crippen LogP contribution in [0.15, 0.2) is 42.5 Å². The lowest BCUT2D eigenvalue weighted by molar-refractivity contribution is 0.408. The highest BCUT2D eigenvalue weighted by Gasteiger charge is 2.21. The van der Waals surface area contributed by atoms with Gasteiger partial charge in [-0.15, -0.1) is 0 Å². The molecule has 4 heteroatoms. The van der Waals surface area contributed by atoms with Gasteiger partial charge in [0.2, 0.25) is 0 Å². The van der Waals surface area contributed by atoms with Gasteiger partial charge in [-0.1, -0.05) is 29.8 Å². The number of hydrogen-bond donors (Lipinski definition) is 1. The summed E-state index contributed by atoms with van der Waals surface area (Å²) < 4.78 is 11.2. The minimum Gasteiger partial charge on any atom is -0.497 e. The van der Waals surface area contributed by atoms with E-state index in [9.17, 15) is 0 Å². The van der Waals surface area contributed by atoms with Gasteiger partial charge in [-0.3, -0.25) is 0 Å². The maximum Gasteiger partial charge on any atom is 0.150 e. The number of benzene rings is 2. The molecule has 0 heterocycles. The molecule has 110 valence electrons. The Hall–Kier alpha value is -1.71. The molecule has 1 saturated carbocycles. The Morgan fingerprint density at radius 1 is 1.14 bits per heavy atom. The van der Waals surface area contributed by atoms with Crippen molar-refractivity contribution in [3.63, 3.8) is 0 Å². The second-order valence-electron chi connectivity index (χ2n) is 5.16. The monoisotopic (exact) mass is 303 g/mol. The molecule has 0 amide bonds. The van der Waals surface area contributed by atoms with E-state index in [4.69, 9.17) is 21.1 Å². The first-order valence-electron chi connectivity index (χ1n) is 7.09. The second-order valence-corrected chi connectivity index (χ2v) is 5.57. The number of methoxy groups -OCH3 is 1. The third-order valence-electron chi connectivity index (χ3n) is 3.47. The smallest absolute Gasteiger partial charge is 0.150 e. The van der Waals surface area contributed by atoms with Gasteiger partial charge in [0.25, 0.3) is 0 Å². The highest BCUT2D eigenvalue weighted by Crippen LogP contribution is 2.34. The minimum atomic E-state index is 0.618. The number of ether oxygens (including phenoxy) is 2. The normalized spacial score (nSPS) is 14.0. The van der Waals surface area contributed by atoms with E-state index >= 15 is 0 Å². The van der Waals surface area contributed by atoms with Crippen LogP contribution in [0.2, 0.25) is 5.02 Å². The summed E-state index contributed by atoms with van der Waals surface area (Å²) in [6.07, 6.45) is 2.51. The molecule has 3 rings (SSSR count). The zero-order valence-electron chi connectivity index (χ0n) is 11.9. The summed E-state index contributed by atoms with van der Waals surface area (Å²) in [6.45, 7) is 0.768. The molecule has 0 saturated heterocycles. The van der Waals surface area contributed by atoms with Gasteiger partial charge in [0.15, 0.2) is 0 Å². The van der Waals surface area contributed by atoms with E-state index in [1.807, 2.05) is 42.5 Å². The third kappa shape index (κ3) is 3.69. The summed E-state index contributed by atoms with van der Waals surface area (Å²) in [7, 11) is 1.64. The van der Waals surface area contributed by atoms with Crippen molar-refractivity contribution >= 4 is 11.6 Å². The van der Waals surface area contributed by atoms with E-state index < -0.39 is 0 Å². The highest BCUT2D eigenvalue weighted by molar-refractivity contribution is 6.32. The van der Waals surface area contributed by atoms with Crippen LogP contribution in [0.25, 0.3) is 0 Å². The van der Waals surface area contributed by atoms with Crippen molar-refractivity contribution in [2.24, 2.45) is 0 Å². The predicted octanol–water partition coefficient (Wildman–Crippen LogP) is 4.39. The fourth-order valence-corrected chi connectivity index (χ4v) is 2.36. The maximum absolute atomic E-state index is 6.30. The van der Waals surface area contributed by atoms with Crippen molar-refractivity contribution in [1.29, 1.82) is 0 Å². The first kappa shape index (κ1) is 14.2. The van der Waals surface area contributed by atoms with Gasteiger partial charge in [0.1, 0.15) is 17.2 Å². The molecule has 2 aromatic rings. The van der Waals surface area contributed by atoms with Crippen LogP contribution in [0.1, 0.15) is 18.4 Å². The molecule has 0 atom stereocenters. The fraction of sp³-hybridized carbons (Fsp3) is 0.294. The van der Waals surface area contributed by atoms with Crippen molar-refractivity contribution < 1.29 is 9.47 Å². The first-order valence-corrected chi connectivity index (χ1v) is 7.47. The van der Waals surface area contributed by atoms with Gasteiger partial charge in [-0.25, -0.2) is 0 Å². The van der Waals surface area contributed by atoms with Crippen LogP contribution in [0.3, 0.4) is 0 Å². The Balaban J connectivity index is 1.81. The molecule has 0 spiro atoms. The summed E-state index contributed by atoms with van der Waals surface area (Å²) in [6, 6.07) is 14.0. The van der Waals surface area contributed by atoms with Crippen LogP contribution in [0.5, 0.6) is 17.2 Å². The molecule has 2 aromatic carbocycles. The van der Waals surface area contributed by atoms with Crippen molar-refractivity contribution in [2.75, 3.05) is 7.11 Å². The highest BCUT2D eigenvalue weighted by atomic mass is 35.5. The van der Waals surface area contributed by atoms with Crippen LogP contribution in [0, 0.1) is 0 Å². The molecule has 0 bridgehead atoms. The molecule has 3 nitrogen and oxygen atoms in total. The topological polar surface area (TPSA) is 30.5 Å². The first-order chi connectivity index (χ1) is 10.3. The molecule has 1 aliphatic carbocycles. The summed E-state index contributed by atoms with van der Waals surface area (Å²) in [5.41, 5.74) is 1.07. The Labute approximate surface area is 129 Å². The van der Waals surface area contributed by atoms with E-state index in [0.29, 0.717) is 16.8 Å². The largest absolute Gasteiger partial charge is 0.497 e. The average Bonchev–Trinajstić information content (AvgIpc) is 3.32. The van der Waals surface area contributed by atoms with Crippen LogP contribution < -0.4 is 14.8 Å². The van der Waals surface area contributed by atoms with Crippen molar-refractivity contribution in [3.05, 3.63) is 53.1 Å². The van der Waals surface area contributed by atoms with Gasteiger partial charge < -0.3 is 14.8 Å². The van der Waals surface area contributed by atoms with Gasteiger partial charge in [0, 0.05) is 24.2 Å². The van der Waals surface area contributed by atoms with Gasteiger partial charge in [-0.2, -0.15) is 0 Å². The Morgan fingerprint density at radius 3 is 2.67 bits per heavy atom. The van der Waals surface area contributed by atoms with E-state index in [2.05, 4.69) is 5.32 Å². The zero-order chi connectivity index (χ0) is 14.7. The number of hydrogen-bond acceptors (Lipinski definition) is 3. The van der Waals surface area contributed by atoms with Crippen LogP contribution in [-0.2, 0) is 6.54 Å². The van der Waals surface area contributed by atoms with E-state index in [1.165, 1.54) is 12.8 Å². The van der Waals surface area contributed by atoms with Gasteiger partial charge in [-0.05, 0) is 31.0 Å². The molecular weight excluding hydrogens is 286 g/mol. The molecule has 1 aliphatic rings. The molecule has 0 unspecified atom stereocenters.